The van der Waals surface area contributed by atoms with E-state index < -0.39 is 0 Å². The van der Waals surface area contributed by atoms with Crippen molar-refractivity contribution >= 4 is 17.7 Å². The molecule has 7 nitrogen and oxygen atoms in total. The van der Waals surface area contributed by atoms with E-state index in [0.29, 0.717) is 13.0 Å². The first-order valence-corrected chi connectivity index (χ1v) is 12.5. The highest BCUT2D eigenvalue weighted by Gasteiger charge is 2.16. The summed E-state index contributed by atoms with van der Waals surface area (Å²) >= 11 is 1.64. The quantitative estimate of drug-likeness (QED) is 0.365. The van der Waals surface area contributed by atoms with Gasteiger partial charge in [0.2, 0.25) is 5.91 Å². The number of thioether (sulfide) groups is 1. The third kappa shape index (κ3) is 6.66. The van der Waals surface area contributed by atoms with E-state index in [1.165, 1.54) is 5.56 Å². The molecular formula is C25H31N5O2S. The van der Waals surface area contributed by atoms with Crippen LogP contribution in [0.25, 0.3) is 17.1 Å². The van der Waals surface area contributed by atoms with Crippen molar-refractivity contribution in [2.45, 2.75) is 24.9 Å². The molecule has 1 aliphatic rings. The summed E-state index contributed by atoms with van der Waals surface area (Å²) < 4.78 is 7.45. The van der Waals surface area contributed by atoms with Gasteiger partial charge in [0, 0.05) is 49.6 Å². The van der Waals surface area contributed by atoms with Gasteiger partial charge in [0.15, 0.2) is 11.0 Å². The van der Waals surface area contributed by atoms with E-state index in [9.17, 15) is 4.79 Å². The van der Waals surface area contributed by atoms with Crippen molar-refractivity contribution in [1.29, 1.82) is 0 Å². The molecule has 2 heterocycles. The van der Waals surface area contributed by atoms with Crippen LogP contribution in [0.3, 0.4) is 0 Å². The summed E-state index contributed by atoms with van der Waals surface area (Å²) in [6.07, 6.45) is 1.30. The Balaban J connectivity index is 1.32. The van der Waals surface area contributed by atoms with Gasteiger partial charge in [0.25, 0.3) is 0 Å². The van der Waals surface area contributed by atoms with Gasteiger partial charge in [-0.15, -0.1) is 10.2 Å². The van der Waals surface area contributed by atoms with Crippen molar-refractivity contribution in [2.75, 3.05) is 45.1 Å². The fourth-order valence-corrected chi connectivity index (χ4v) is 4.62. The Morgan fingerprint density at radius 1 is 1.06 bits per heavy atom. The molecule has 4 rings (SSSR count). The number of rotatable bonds is 10. The average molecular weight is 466 g/mol. The minimum atomic E-state index is 0.105. The van der Waals surface area contributed by atoms with Gasteiger partial charge in [-0.05, 0) is 25.5 Å². The SMILES string of the molecule is Cc1ccc(-n2c(SCCCC(=O)NCCN3CCOCC3)nnc2-c2ccccc2)cc1. The highest BCUT2D eigenvalue weighted by atomic mass is 32.2. The Morgan fingerprint density at radius 3 is 2.58 bits per heavy atom. The smallest absolute Gasteiger partial charge is 0.220 e. The number of hydrogen-bond acceptors (Lipinski definition) is 6. The van der Waals surface area contributed by atoms with Crippen LogP contribution in [0.15, 0.2) is 59.8 Å². The molecule has 1 N–H and O–H groups in total. The number of aromatic nitrogens is 3. The number of nitrogens with zero attached hydrogens (tertiary/aromatic N) is 4. The zero-order chi connectivity index (χ0) is 22.9. The molecule has 33 heavy (non-hydrogen) atoms. The maximum atomic E-state index is 12.2. The Hall–Kier alpha value is -2.68. The van der Waals surface area contributed by atoms with Gasteiger partial charge < -0.3 is 10.1 Å². The maximum absolute atomic E-state index is 12.2. The highest BCUT2D eigenvalue weighted by molar-refractivity contribution is 7.99. The largest absolute Gasteiger partial charge is 0.379 e. The molecule has 8 heteroatoms. The molecule has 174 valence electrons. The van der Waals surface area contributed by atoms with Crippen molar-refractivity contribution in [3.05, 3.63) is 60.2 Å². The standard InChI is InChI=1S/C25H31N5O2S/c1-20-9-11-22(12-10-20)30-24(21-6-3-2-4-7-21)27-28-25(30)33-19-5-8-23(31)26-13-14-29-15-17-32-18-16-29/h2-4,6-7,9-12H,5,8,13-19H2,1H3,(H,26,31). The lowest BCUT2D eigenvalue weighted by molar-refractivity contribution is -0.121. The van der Waals surface area contributed by atoms with E-state index in [4.69, 9.17) is 4.74 Å². The normalized spacial score (nSPS) is 14.3. The van der Waals surface area contributed by atoms with Gasteiger partial charge in [-0.3, -0.25) is 14.3 Å². The first-order valence-electron chi connectivity index (χ1n) is 11.5. The topological polar surface area (TPSA) is 72.3 Å². The fraction of sp³-hybridized carbons (Fsp3) is 0.400. The van der Waals surface area contributed by atoms with Gasteiger partial charge in [-0.1, -0.05) is 59.8 Å². The lowest BCUT2D eigenvalue weighted by Gasteiger charge is -2.26. The highest BCUT2D eigenvalue weighted by Crippen LogP contribution is 2.28. The van der Waals surface area contributed by atoms with Crippen molar-refractivity contribution < 1.29 is 9.53 Å². The van der Waals surface area contributed by atoms with Crippen LogP contribution < -0.4 is 5.32 Å². The van der Waals surface area contributed by atoms with Crippen LogP contribution in [0.5, 0.6) is 0 Å². The Bertz CT molecular complexity index is 1020. The van der Waals surface area contributed by atoms with Crippen LogP contribution in [0.2, 0.25) is 0 Å². The minimum Gasteiger partial charge on any atom is -0.379 e. The molecule has 1 saturated heterocycles. The van der Waals surface area contributed by atoms with Gasteiger partial charge in [-0.25, -0.2) is 0 Å². The van der Waals surface area contributed by atoms with Crippen LogP contribution in [-0.2, 0) is 9.53 Å². The first kappa shape index (κ1) is 23.5. The Morgan fingerprint density at radius 2 is 1.82 bits per heavy atom. The lowest BCUT2D eigenvalue weighted by atomic mass is 10.2. The van der Waals surface area contributed by atoms with Crippen LogP contribution >= 0.6 is 11.8 Å². The average Bonchev–Trinajstić information content (AvgIpc) is 3.27. The first-order chi connectivity index (χ1) is 16.2. The van der Waals surface area contributed by atoms with E-state index in [1.807, 2.05) is 30.3 Å². The van der Waals surface area contributed by atoms with Crippen molar-refractivity contribution in [3.63, 3.8) is 0 Å². The molecular weight excluding hydrogens is 434 g/mol. The van der Waals surface area contributed by atoms with E-state index in [0.717, 1.165) is 67.3 Å². The molecule has 0 atom stereocenters. The molecule has 2 aromatic carbocycles. The number of benzene rings is 2. The fourth-order valence-electron chi connectivity index (χ4n) is 3.73. The monoisotopic (exact) mass is 465 g/mol. The number of nitrogens with one attached hydrogen (secondary N) is 1. The maximum Gasteiger partial charge on any atom is 0.220 e. The van der Waals surface area contributed by atoms with Crippen LogP contribution in [-0.4, -0.2) is 70.7 Å². The van der Waals surface area contributed by atoms with Crippen molar-refractivity contribution in [1.82, 2.24) is 25.0 Å². The second-order valence-electron chi connectivity index (χ2n) is 8.10. The summed E-state index contributed by atoms with van der Waals surface area (Å²) in [7, 11) is 0. The number of ether oxygens (including phenoxy) is 1. The summed E-state index contributed by atoms with van der Waals surface area (Å²) in [5, 5.41) is 12.8. The molecule has 1 aromatic heterocycles. The zero-order valence-electron chi connectivity index (χ0n) is 19.1. The van der Waals surface area contributed by atoms with Crippen molar-refractivity contribution in [2.24, 2.45) is 0 Å². The Kier molecular flexibility index (Phi) is 8.52. The van der Waals surface area contributed by atoms with E-state index in [1.54, 1.807) is 11.8 Å². The van der Waals surface area contributed by atoms with Crippen LogP contribution in [0, 0.1) is 6.92 Å². The third-order valence-corrected chi connectivity index (χ3v) is 6.61. The van der Waals surface area contributed by atoms with Gasteiger partial charge in [0.1, 0.15) is 0 Å². The number of aryl methyl sites for hydroxylation is 1. The summed E-state index contributed by atoms with van der Waals surface area (Å²) in [6, 6.07) is 18.5. The molecule has 0 unspecified atom stereocenters. The minimum absolute atomic E-state index is 0.105. The zero-order valence-corrected chi connectivity index (χ0v) is 19.9. The predicted molar refractivity (Wildman–Crippen MR) is 132 cm³/mol. The predicted octanol–water partition coefficient (Wildman–Crippen LogP) is 3.56. The summed E-state index contributed by atoms with van der Waals surface area (Å²) in [5.41, 5.74) is 3.27. The van der Waals surface area contributed by atoms with E-state index in [2.05, 4.69) is 56.2 Å². The molecule has 0 bridgehead atoms. The molecule has 1 aliphatic heterocycles. The van der Waals surface area contributed by atoms with Gasteiger partial charge >= 0.3 is 0 Å². The number of morpholine rings is 1. The molecule has 3 aromatic rings. The second kappa shape index (κ2) is 12.0. The summed E-state index contributed by atoms with van der Waals surface area (Å²) in [6.45, 7) is 7.10. The molecule has 0 saturated carbocycles. The van der Waals surface area contributed by atoms with Crippen LogP contribution in [0.1, 0.15) is 18.4 Å². The Labute approximate surface area is 199 Å². The summed E-state index contributed by atoms with van der Waals surface area (Å²) in [5.74, 6) is 1.73. The van der Waals surface area contributed by atoms with Crippen LogP contribution in [0.4, 0.5) is 0 Å². The van der Waals surface area contributed by atoms with Crippen molar-refractivity contribution in [3.8, 4) is 17.1 Å². The van der Waals surface area contributed by atoms with E-state index >= 15 is 0 Å². The number of carbonyl (C=O) groups excluding carboxylic acids is 1. The number of amides is 1. The lowest BCUT2D eigenvalue weighted by Crippen LogP contribution is -2.41. The molecule has 1 amide bonds. The van der Waals surface area contributed by atoms with Gasteiger partial charge in [0.05, 0.1) is 13.2 Å². The molecule has 0 radical (unpaired) electrons. The number of carbonyl (C=O) groups is 1. The molecule has 1 fully saturated rings. The summed E-state index contributed by atoms with van der Waals surface area (Å²) in [4.78, 5) is 14.5. The second-order valence-corrected chi connectivity index (χ2v) is 9.16. The number of hydrogen-bond donors (Lipinski definition) is 1. The van der Waals surface area contributed by atoms with E-state index in [-0.39, 0.29) is 5.91 Å². The third-order valence-electron chi connectivity index (χ3n) is 5.59. The van der Waals surface area contributed by atoms with Gasteiger partial charge in [-0.2, -0.15) is 0 Å². The molecule has 0 spiro atoms. The molecule has 0 aliphatic carbocycles.